The van der Waals surface area contributed by atoms with E-state index in [9.17, 15) is 4.79 Å². The van der Waals surface area contributed by atoms with Gasteiger partial charge in [0.2, 0.25) is 5.91 Å². The SMILES string of the molecule is COc1ccc(CCNCC(=O)Nc2ccc(OC)cc2)cc1. The van der Waals surface area contributed by atoms with Gasteiger partial charge in [-0.05, 0) is 54.9 Å². The number of hydrogen-bond donors (Lipinski definition) is 2. The quantitative estimate of drug-likeness (QED) is 0.735. The molecular formula is C18H22N2O3. The first-order valence-electron chi connectivity index (χ1n) is 7.49. The van der Waals surface area contributed by atoms with Crippen LogP contribution in [0.2, 0.25) is 0 Å². The summed E-state index contributed by atoms with van der Waals surface area (Å²) in [6, 6.07) is 15.2. The Morgan fingerprint density at radius 2 is 1.48 bits per heavy atom. The highest BCUT2D eigenvalue weighted by atomic mass is 16.5. The molecule has 2 rings (SSSR count). The van der Waals surface area contributed by atoms with Crippen molar-refractivity contribution in [1.29, 1.82) is 0 Å². The summed E-state index contributed by atoms with van der Waals surface area (Å²) in [6.45, 7) is 1.02. The molecule has 0 radical (unpaired) electrons. The highest BCUT2D eigenvalue weighted by Gasteiger charge is 2.02. The number of methoxy groups -OCH3 is 2. The molecule has 2 aromatic rings. The van der Waals surface area contributed by atoms with E-state index in [0.29, 0.717) is 0 Å². The lowest BCUT2D eigenvalue weighted by Gasteiger charge is -2.08. The summed E-state index contributed by atoms with van der Waals surface area (Å²) in [6.07, 6.45) is 0.861. The Morgan fingerprint density at radius 1 is 0.913 bits per heavy atom. The number of amides is 1. The first-order valence-corrected chi connectivity index (χ1v) is 7.49. The number of benzene rings is 2. The summed E-state index contributed by atoms with van der Waals surface area (Å²) >= 11 is 0. The summed E-state index contributed by atoms with van der Waals surface area (Å²) in [5.41, 5.74) is 1.96. The van der Waals surface area contributed by atoms with Crippen LogP contribution >= 0.6 is 0 Å². The largest absolute Gasteiger partial charge is 0.497 e. The summed E-state index contributed by atoms with van der Waals surface area (Å²) in [5.74, 6) is 1.55. The third-order valence-electron chi connectivity index (χ3n) is 3.41. The van der Waals surface area contributed by atoms with Crippen LogP contribution in [-0.2, 0) is 11.2 Å². The molecule has 23 heavy (non-hydrogen) atoms. The Balaban J connectivity index is 1.67. The van der Waals surface area contributed by atoms with E-state index in [0.717, 1.165) is 30.2 Å². The van der Waals surface area contributed by atoms with E-state index < -0.39 is 0 Å². The molecule has 122 valence electrons. The second-order valence-corrected chi connectivity index (χ2v) is 5.05. The zero-order valence-corrected chi connectivity index (χ0v) is 13.5. The molecule has 0 aliphatic heterocycles. The van der Waals surface area contributed by atoms with Crippen molar-refractivity contribution >= 4 is 11.6 Å². The summed E-state index contributed by atoms with van der Waals surface area (Å²) < 4.78 is 10.2. The monoisotopic (exact) mass is 314 g/mol. The van der Waals surface area contributed by atoms with Crippen molar-refractivity contribution in [2.75, 3.05) is 32.6 Å². The molecule has 0 aliphatic carbocycles. The molecule has 0 aliphatic rings. The Bertz CT molecular complexity index is 609. The highest BCUT2D eigenvalue weighted by Crippen LogP contribution is 2.14. The fourth-order valence-electron chi connectivity index (χ4n) is 2.11. The van der Waals surface area contributed by atoms with E-state index in [2.05, 4.69) is 10.6 Å². The van der Waals surface area contributed by atoms with E-state index in [4.69, 9.17) is 9.47 Å². The van der Waals surface area contributed by atoms with Gasteiger partial charge in [-0.15, -0.1) is 0 Å². The van der Waals surface area contributed by atoms with Crippen LogP contribution in [0.5, 0.6) is 11.5 Å². The maximum absolute atomic E-state index is 11.8. The van der Waals surface area contributed by atoms with Crippen molar-refractivity contribution in [3.05, 3.63) is 54.1 Å². The van der Waals surface area contributed by atoms with Gasteiger partial charge in [-0.2, -0.15) is 0 Å². The molecule has 0 heterocycles. The van der Waals surface area contributed by atoms with Crippen LogP contribution < -0.4 is 20.1 Å². The minimum atomic E-state index is -0.0649. The Labute approximate surface area is 136 Å². The van der Waals surface area contributed by atoms with E-state index >= 15 is 0 Å². The first-order chi connectivity index (χ1) is 11.2. The van der Waals surface area contributed by atoms with Crippen LogP contribution in [0.15, 0.2) is 48.5 Å². The van der Waals surface area contributed by atoms with Crippen molar-refractivity contribution in [2.45, 2.75) is 6.42 Å². The number of anilines is 1. The molecule has 5 heteroatoms. The minimum absolute atomic E-state index is 0.0649. The zero-order chi connectivity index (χ0) is 16.5. The van der Waals surface area contributed by atoms with Gasteiger partial charge >= 0.3 is 0 Å². The second kappa shape index (κ2) is 8.80. The molecule has 1 amide bonds. The van der Waals surface area contributed by atoms with E-state index in [-0.39, 0.29) is 12.5 Å². The van der Waals surface area contributed by atoms with Crippen molar-refractivity contribution < 1.29 is 14.3 Å². The van der Waals surface area contributed by atoms with Crippen LogP contribution in [0, 0.1) is 0 Å². The van der Waals surface area contributed by atoms with Gasteiger partial charge in [-0.3, -0.25) is 4.79 Å². The molecule has 2 N–H and O–H groups in total. The van der Waals surface area contributed by atoms with Gasteiger partial charge in [-0.1, -0.05) is 12.1 Å². The lowest BCUT2D eigenvalue weighted by Crippen LogP contribution is -2.29. The van der Waals surface area contributed by atoms with Crippen LogP contribution in [0.3, 0.4) is 0 Å². The van der Waals surface area contributed by atoms with Crippen LogP contribution in [-0.4, -0.2) is 33.2 Å². The summed E-state index contributed by atoms with van der Waals surface area (Å²) in [5, 5.41) is 5.97. The predicted molar refractivity (Wildman–Crippen MR) is 91.2 cm³/mol. The van der Waals surface area contributed by atoms with Crippen molar-refractivity contribution in [3.63, 3.8) is 0 Å². The summed E-state index contributed by atoms with van der Waals surface area (Å²) in [7, 11) is 3.26. The number of carbonyl (C=O) groups is 1. The van der Waals surface area contributed by atoms with Gasteiger partial charge in [0.05, 0.1) is 20.8 Å². The number of ether oxygens (including phenoxy) is 2. The lowest BCUT2D eigenvalue weighted by molar-refractivity contribution is -0.115. The van der Waals surface area contributed by atoms with Crippen LogP contribution in [0.4, 0.5) is 5.69 Å². The van der Waals surface area contributed by atoms with E-state index in [1.54, 1.807) is 14.2 Å². The standard InChI is InChI=1S/C18H22N2O3/c1-22-16-7-3-14(4-8-16)11-12-19-13-18(21)20-15-5-9-17(23-2)10-6-15/h3-10,19H,11-13H2,1-2H3,(H,20,21). The molecule has 2 aromatic carbocycles. The van der Waals surface area contributed by atoms with Gasteiger partial charge in [0.25, 0.3) is 0 Å². The smallest absolute Gasteiger partial charge is 0.238 e. The molecule has 0 saturated heterocycles. The normalized spacial score (nSPS) is 10.2. The molecule has 0 unspecified atom stereocenters. The van der Waals surface area contributed by atoms with Gasteiger partial charge < -0.3 is 20.1 Å². The van der Waals surface area contributed by atoms with Gasteiger partial charge in [0, 0.05) is 5.69 Å². The molecule has 5 nitrogen and oxygen atoms in total. The topological polar surface area (TPSA) is 59.6 Å². The lowest BCUT2D eigenvalue weighted by atomic mass is 10.1. The highest BCUT2D eigenvalue weighted by molar-refractivity contribution is 5.92. The molecule has 0 aromatic heterocycles. The predicted octanol–water partition coefficient (Wildman–Crippen LogP) is 2.47. The Morgan fingerprint density at radius 3 is 2.04 bits per heavy atom. The van der Waals surface area contributed by atoms with Crippen molar-refractivity contribution in [2.24, 2.45) is 0 Å². The Kier molecular flexibility index (Phi) is 6.44. The zero-order valence-electron chi connectivity index (χ0n) is 13.5. The van der Waals surface area contributed by atoms with Gasteiger partial charge in [0.1, 0.15) is 11.5 Å². The van der Waals surface area contributed by atoms with Crippen LogP contribution in [0.1, 0.15) is 5.56 Å². The number of rotatable bonds is 8. The van der Waals surface area contributed by atoms with E-state index in [1.807, 2.05) is 48.5 Å². The Hall–Kier alpha value is -2.53. The summed E-state index contributed by atoms with van der Waals surface area (Å²) in [4.78, 5) is 11.8. The second-order valence-electron chi connectivity index (χ2n) is 5.05. The third kappa shape index (κ3) is 5.64. The number of hydrogen-bond acceptors (Lipinski definition) is 4. The average molecular weight is 314 g/mol. The fraction of sp³-hybridized carbons (Fsp3) is 0.278. The molecule has 0 atom stereocenters. The van der Waals surface area contributed by atoms with Gasteiger partial charge in [0.15, 0.2) is 0 Å². The van der Waals surface area contributed by atoms with E-state index in [1.165, 1.54) is 5.56 Å². The fourth-order valence-corrected chi connectivity index (χ4v) is 2.11. The van der Waals surface area contributed by atoms with Crippen molar-refractivity contribution in [3.8, 4) is 11.5 Å². The molecule has 0 bridgehead atoms. The van der Waals surface area contributed by atoms with Crippen LogP contribution in [0.25, 0.3) is 0 Å². The maximum atomic E-state index is 11.8. The number of carbonyl (C=O) groups excluding carboxylic acids is 1. The van der Waals surface area contributed by atoms with Gasteiger partial charge in [-0.25, -0.2) is 0 Å². The molecule has 0 spiro atoms. The third-order valence-corrected chi connectivity index (χ3v) is 3.41. The first kappa shape index (κ1) is 16.8. The molecule has 0 saturated carbocycles. The van der Waals surface area contributed by atoms with Crippen molar-refractivity contribution in [1.82, 2.24) is 5.32 Å². The molecule has 0 fully saturated rings. The minimum Gasteiger partial charge on any atom is -0.497 e. The number of nitrogens with one attached hydrogen (secondary N) is 2. The average Bonchev–Trinajstić information content (AvgIpc) is 2.60. The molecular weight excluding hydrogens is 292 g/mol. The maximum Gasteiger partial charge on any atom is 0.238 e.